The van der Waals surface area contributed by atoms with Crippen LogP contribution in [-0.2, 0) is 14.3 Å². The third-order valence-corrected chi connectivity index (χ3v) is 6.84. The van der Waals surface area contributed by atoms with Crippen molar-refractivity contribution in [2.24, 2.45) is 11.8 Å². The van der Waals surface area contributed by atoms with Gasteiger partial charge in [0.25, 0.3) is 0 Å². The summed E-state index contributed by atoms with van der Waals surface area (Å²) in [4.78, 5) is 14.9. The second-order valence-corrected chi connectivity index (χ2v) is 8.49. The summed E-state index contributed by atoms with van der Waals surface area (Å²) in [5, 5.41) is 0. The van der Waals surface area contributed by atoms with Crippen LogP contribution < -0.4 is 0 Å². The van der Waals surface area contributed by atoms with Gasteiger partial charge < -0.3 is 14.4 Å². The zero-order valence-corrected chi connectivity index (χ0v) is 16.6. The quantitative estimate of drug-likeness (QED) is 0.652. The zero-order valence-electron chi connectivity index (χ0n) is 16.6. The van der Waals surface area contributed by atoms with E-state index in [1.807, 2.05) is 6.07 Å². The fourth-order valence-corrected chi connectivity index (χ4v) is 5.33. The van der Waals surface area contributed by atoms with Gasteiger partial charge in [-0.15, -0.1) is 0 Å². The van der Waals surface area contributed by atoms with Gasteiger partial charge in [-0.25, -0.2) is 0 Å². The van der Waals surface area contributed by atoms with Crippen molar-refractivity contribution in [3.05, 3.63) is 35.9 Å². The minimum Gasteiger partial charge on any atom is -0.381 e. The van der Waals surface area contributed by atoms with Crippen LogP contribution in [0.4, 0.5) is 0 Å². The highest BCUT2D eigenvalue weighted by molar-refractivity contribution is 5.80. The van der Waals surface area contributed by atoms with Gasteiger partial charge in [0.05, 0.1) is 12.6 Å². The highest BCUT2D eigenvalue weighted by Gasteiger charge is 2.58. The molecule has 1 saturated carbocycles. The Morgan fingerprint density at radius 3 is 2.70 bits per heavy atom. The second kappa shape index (κ2) is 8.32. The zero-order chi connectivity index (χ0) is 18.7. The molecule has 4 heteroatoms. The Hall–Kier alpha value is -1.39. The molecule has 3 fully saturated rings. The third-order valence-electron chi connectivity index (χ3n) is 6.84. The van der Waals surface area contributed by atoms with Crippen LogP contribution in [0.3, 0.4) is 0 Å². The van der Waals surface area contributed by atoms with E-state index >= 15 is 0 Å². The normalized spacial score (nSPS) is 33.4. The van der Waals surface area contributed by atoms with Crippen molar-refractivity contribution in [1.82, 2.24) is 4.90 Å². The molecule has 2 saturated heterocycles. The van der Waals surface area contributed by atoms with Crippen LogP contribution in [0.15, 0.2) is 30.3 Å². The molecule has 148 valence electrons. The van der Waals surface area contributed by atoms with Crippen LogP contribution in [-0.4, -0.2) is 36.4 Å². The van der Waals surface area contributed by atoms with Gasteiger partial charge in [-0.3, -0.25) is 4.79 Å². The first-order valence-corrected chi connectivity index (χ1v) is 10.8. The lowest BCUT2D eigenvalue weighted by atomic mass is 9.76. The van der Waals surface area contributed by atoms with Crippen LogP contribution in [0.1, 0.15) is 69.9 Å². The molecule has 3 aliphatic rings. The Kier molecular flexibility index (Phi) is 5.84. The minimum absolute atomic E-state index is 0.0799. The number of hydrogen-bond acceptors (Lipinski definition) is 3. The van der Waals surface area contributed by atoms with Crippen molar-refractivity contribution >= 4 is 5.91 Å². The van der Waals surface area contributed by atoms with Crippen molar-refractivity contribution in [3.8, 4) is 0 Å². The predicted molar refractivity (Wildman–Crippen MR) is 105 cm³/mol. The molecule has 0 spiro atoms. The molecule has 1 amide bonds. The summed E-state index contributed by atoms with van der Waals surface area (Å²) in [6, 6.07) is 10.5. The maximum Gasteiger partial charge on any atom is 0.225 e. The Morgan fingerprint density at radius 2 is 1.96 bits per heavy atom. The van der Waals surface area contributed by atoms with Crippen LogP contribution in [0.5, 0.6) is 0 Å². The highest BCUT2D eigenvalue weighted by atomic mass is 16.5. The average molecular weight is 372 g/mol. The van der Waals surface area contributed by atoms with Gasteiger partial charge in [0.15, 0.2) is 0 Å². The monoisotopic (exact) mass is 371 g/mol. The Labute approximate surface area is 163 Å². The van der Waals surface area contributed by atoms with Gasteiger partial charge in [0.2, 0.25) is 5.91 Å². The minimum atomic E-state index is -0.356. The molecule has 0 N–H and O–H groups in total. The number of unbranched alkanes of at least 4 members (excludes halogenated alkanes) is 1. The van der Waals surface area contributed by atoms with Crippen molar-refractivity contribution in [2.75, 3.05) is 19.8 Å². The lowest BCUT2D eigenvalue weighted by molar-refractivity contribution is -0.151. The van der Waals surface area contributed by atoms with E-state index in [0.717, 1.165) is 38.9 Å². The number of nitrogens with zero attached hydrogens (tertiary/aromatic N) is 1. The average Bonchev–Trinajstić information content (AvgIpc) is 3.26. The number of benzene rings is 1. The van der Waals surface area contributed by atoms with E-state index in [1.165, 1.54) is 24.8 Å². The number of hydrogen-bond donors (Lipinski definition) is 0. The Balaban J connectivity index is 1.40. The van der Waals surface area contributed by atoms with Crippen molar-refractivity contribution in [1.29, 1.82) is 0 Å². The first-order chi connectivity index (χ1) is 13.2. The molecule has 1 aromatic carbocycles. The van der Waals surface area contributed by atoms with Crippen LogP contribution in [0.2, 0.25) is 0 Å². The van der Waals surface area contributed by atoms with Gasteiger partial charge in [-0.05, 0) is 43.6 Å². The lowest BCUT2D eigenvalue weighted by Gasteiger charge is -2.43. The van der Waals surface area contributed by atoms with E-state index in [9.17, 15) is 4.79 Å². The van der Waals surface area contributed by atoms with Gasteiger partial charge in [-0.1, -0.05) is 43.7 Å². The third kappa shape index (κ3) is 3.66. The summed E-state index contributed by atoms with van der Waals surface area (Å²) < 4.78 is 12.3. The largest absolute Gasteiger partial charge is 0.381 e. The fraction of sp³-hybridized carbons (Fsp3) is 0.696. The Morgan fingerprint density at radius 1 is 1.19 bits per heavy atom. The van der Waals surface area contributed by atoms with Crippen LogP contribution in [0, 0.1) is 11.8 Å². The number of carbonyl (C=O) groups is 1. The SMILES string of the molecule is CCCCOCC1CCC([C@@]23CCC(=O)N2[C@@H](c2ccccc2)CO3)CC1. The van der Waals surface area contributed by atoms with Crippen molar-refractivity contribution < 1.29 is 14.3 Å². The molecule has 0 aromatic heterocycles. The maximum absolute atomic E-state index is 12.8. The number of fused-ring (bicyclic) bond motifs is 1. The summed E-state index contributed by atoms with van der Waals surface area (Å²) in [5.41, 5.74) is 0.846. The number of ether oxygens (including phenoxy) is 2. The van der Waals surface area contributed by atoms with E-state index in [4.69, 9.17) is 9.47 Å². The first kappa shape index (κ1) is 18.9. The van der Waals surface area contributed by atoms with Gasteiger partial charge >= 0.3 is 0 Å². The van der Waals surface area contributed by atoms with E-state index in [1.54, 1.807) is 0 Å². The maximum atomic E-state index is 12.8. The van der Waals surface area contributed by atoms with E-state index in [0.29, 0.717) is 24.9 Å². The molecule has 4 nitrogen and oxygen atoms in total. The van der Waals surface area contributed by atoms with Crippen molar-refractivity contribution in [3.63, 3.8) is 0 Å². The molecule has 0 unspecified atom stereocenters. The molecule has 2 heterocycles. The summed E-state index contributed by atoms with van der Waals surface area (Å²) in [5.74, 6) is 1.40. The van der Waals surface area contributed by atoms with Gasteiger partial charge in [-0.2, -0.15) is 0 Å². The molecule has 2 aliphatic heterocycles. The van der Waals surface area contributed by atoms with E-state index in [-0.39, 0.29) is 17.7 Å². The summed E-state index contributed by atoms with van der Waals surface area (Å²) >= 11 is 0. The predicted octanol–water partition coefficient (Wildman–Crippen LogP) is 4.70. The molecule has 27 heavy (non-hydrogen) atoms. The number of carbonyl (C=O) groups excluding carboxylic acids is 1. The first-order valence-electron chi connectivity index (χ1n) is 10.8. The van der Waals surface area contributed by atoms with Crippen molar-refractivity contribution in [2.45, 2.75) is 70.1 Å². The molecule has 4 rings (SSSR count). The van der Waals surface area contributed by atoms with Crippen LogP contribution in [0.25, 0.3) is 0 Å². The summed E-state index contributed by atoms with van der Waals surface area (Å²) in [7, 11) is 0. The molecular formula is C23H33NO3. The Bertz CT molecular complexity index is 626. The lowest BCUT2D eigenvalue weighted by Crippen LogP contribution is -2.49. The molecule has 1 aliphatic carbocycles. The van der Waals surface area contributed by atoms with E-state index in [2.05, 4.69) is 36.1 Å². The fourth-order valence-electron chi connectivity index (χ4n) is 5.33. The smallest absolute Gasteiger partial charge is 0.225 e. The summed E-state index contributed by atoms with van der Waals surface area (Å²) in [6.07, 6.45) is 8.52. The summed E-state index contributed by atoms with van der Waals surface area (Å²) in [6.45, 7) is 4.63. The molecule has 1 aromatic rings. The van der Waals surface area contributed by atoms with E-state index < -0.39 is 0 Å². The van der Waals surface area contributed by atoms with Gasteiger partial charge in [0.1, 0.15) is 5.72 Å². The molecule has 0 radical (unpaired) electrons. The molecule has 0 bridgehead atoms. The standard InChI is InChI=1S/C23H33NO3/c1-2-3-15-26-16-18-9-11-20(12-10-18)23-14-13-22(25)24(23)21(17-27-23)19-7-5-4-6-8-19/h4-8,18,20-21H,2-3,9-17H2,1H3/t18?,20?,21-,23+/m1/s1. The molecule has 2 atom stereocenters. The molecular weight excluding hydrogens is 338 g/mol. The topological polar surface area (TPSA) is 38.8 Å². The number of amides is 1. The van der Waals surface area contributed by atoms with Crippen LogP contribution >= 0.6 is 0 Å². The highest BCUT2D eigenvalue weighted by Crippen LogP contribution is 2.52. The number of rotatable bonds is 7. The van der Waals surface area contributed by atoms with Gasteiger partial charge in [0, 0.05) is 32.0 Å². The second-order valence-electron chi connectivity index (χ2n) is 8.49.